The average molecular weight is 222 g/mol. The van der Waals surface area contributed by atoms with E-state index in [4.69, 9.17) is 5.26 Å². The van der Waals surface area contributed by atoms with Crippen LogP contribution >= 0.6 is 0 Å². The van der Waals surface area contributed by atoms with Crippen LogP contribution in [-0.4, -0.2) is 22.1 Å². The third-order valence-electron chi connectivity index (χ3n) is 1.61. The Hall–Kier alpha value is -1.67. The molecule has 0 aromatic heterocycles. The fourth-order valence-corrected chi connectivity index (χ4v) is 1.49. The number of rotatable bonds is 3. The molecule has 0 aliphatic heterocycles. The molecular weight excluding hydrogens is 212 g/mol. The van der Waals surface area contributed by atoms with E-state index < -0.39 is 10.8 Å². The smallest absolute Gasteiger partial charge is 0.236 e. The fourth-order valence-electron chi connectivity index (χ4n) is 1.05. The maximum Gasteiger partial charge on any atom is 0.236 e. The highest BCUT2D eigenvalue weighted by molar-refractivity contribution is 7.85. The number of nitrogens with one attached hydrogen (secondary N) is 1. The summed E-state index contributed by atoms with van der Waals surface area (Å²) in [6, 6.07) is 8.54. The molecule has 0 saturated carbocycles. The molecule has 0 aliphatic carbocycles. The molecule has 0 saturated heterocycles. The first-order valence-electron chi connectivity index (χ1n) is 4.22. The highest BCUT2D eigenvalue weighted by Gasteiger charge is 2.04. The number of benzene rings is 1. The van der Waals surface area contributed by atoms with Gasteiger partial charge in [0.25, 0.3) is 0 Å². The van der Waals surface area contributed by atoms with Crippen molar-refractivity contribution in [2.75, 3.05) is 17.3 Å². The standard InChI is InChI=1S/C10H10N2O2S/c1-15(14)7-10(13)12-9-4-2-3-8(5-9)6-11/h2-5H,7H2,1H3,(H,12,13). The largest absolute Gasteiger partial charge is 0.325 e. The van der Waals surface area contributed by atoms with Crippen molar-refractivity contribution in [2.45, 2.75) is 0 Å². The summed E-state index contributed by atoms with van der Waals surface area (Å²) in [5.74, 6) is -0.345. The van der Waals surface area contributed by atoms with Gasteiger partial charge in [-0.2, -0.15) is 5.26 Å². The second-order valence-electron chi connectivity index (χ2n) is 2.96. The first kappa shape index (κ1) is 11.4. The molecule has 0 aliphatic rings. The van der Waals surface area contributed by atoms with Gasteiger partial charge in [-0.15, -0.1) is 0 Å². The molecule has 15 heavy (non-hydrogen) atoms. The lowest BCUT2D eigenvalue weighted by atomic mass is 10.2. The zero-order chi connectivity index (χ0) is 11.3. The maximum atomic E-state index is 11.2. The van der Waals surface area contributed by atoms with E-state index in [1.54, 1.807) is 24.3 Å². The lowest BCUT2D eigenvalue weighted by Gasteiger charge is -2.03. The minimum atomic E-state index is -1.15. The molecular formula is C10H10N2O2S. The van der Waals surface area contributed by atoms with Crippen molar-refractivity contribution in [1.82, 2.24) is 0 Å². The van der Waals surface area contributed by atoms with Crippen LogP contribution in [0.5, 0.6) is 0 Å². The number of carbonyl (C=O) groups excluding carboxylic acids is 1. The Morgan fingerprint density at radius 3 is 2.93 bits per heavy atom. The van der Waals surface area contributed by atoms with Gasteiger partial charge in [-0.05, 0) is 18.2 Å². The number of hydrogen-bond acceptors (Lipinski definition) is 3. The summed E-state index contributed by atoms with van der Waals surface area (Å²) < 4.78 is 10.8. The Balaban J connectivity index is 2.69. The summed E-state index contributed by atoms with van der Waals surface area (Å²) in [5.41, 5.74) is 1.02. The third kappa shape index (κ3) is 3.92. The van der Waals surface area contributed by atoms with Crippen molar-refractivity contribution in [3.05, 3.63) is 29.8 Å². The van der Waals surface area contributed by atoms with E-state index in [2.05, 4.69) is 5.32 Å². The van der Waals surface area contributed by atoms with E-state index >= 15 is 0 Å². The molecule has 0 spiro atoms. The van der Waals surface area contributed by atoms with Gasteiger partial charge in [-0.3, -0.25) is 9.00 Å². The number of carbonyl (C=O) groups is 1. The molecule has 1 aromatic carbocycles. The molecule has 1 atom stereocenters. The molecule has 1 amide bonds. The molecule has 1 unspecified atom stereocenters. The Morgan fingerprint density at radius 1 is 1.60 bits per heavy atom. The van der Waals surface area contributed by atoms with Crippen LogP contribution in [0.4, 0.5) is 5.69 Å². The zero-order valence-corrected chi connectivity index (χ0v) is 9.00. The predicted molar refractivity (Wildman–Crippen MR) is 58.7 cm³/mol. The maximum absolute atomic E-state index is 11.2. The van der Waals surface area contributed by atoms with E-state index in [0.717, 1.165) is 0 Å². The van der Waals surface area contributed by atoms with Crippen molar-refractivity contribution in [3.63, 3.8) is 0 Å². The zero-order valence-electron chi connectivity index (χ0n) is 8.19. The molecule has 0 fully saturated rings. The third-order valence-corrected chi connectivity index (χ3v) is 2.28. The van der Waals surface area contributed by atoms with Crippen molar-refractivity contribution < 1.29 is 9.00 Å². The Kier molecular flexibility index (Phi) is 4.01. The first-order valence-corrected chi connectivity index (χ1v) is 5.94. The van der Waals surface area contributed by atoms with E-state index in [1.165, 1.54) is 6.26 Å². The van der Waals surface area contributed by atoms with Crippen LogP contribution in [0.25, 0.3) is 0 Å². The van der Waals surface area contributed by atoms with Gasteiger partial charge in [0.2, 0.25) is 5.91 Å². The number of amides is 1. The molecule has 4 nitrogen and oxygen atoms in total. The van der Waals surface area contributed by atoms with Gasteiger partial charge in [0.15, 0.2) is 0 Å². The summed E-state index contributed by atoms with van der Waals surface area (Å²) in [5, 5.41) is 11.2. The van der Waals surface area contributed by atoms with E-state index in [9.17, 15) is 9.00 Å². The second-order valence-corrected chi connectivity index (χ2v) is 4.39. The van der Waals surface area contributed by atoms with Gasteiger partial charge in [0.05, 0.1) is 11.6 Å². The fraction of sp³-hybridized carbons (Fsp3) is 0.200. The Labute approximate surface area is 90.4 Å². The van der Waals surface area contributed by atoms with Crippen LogP contribution in [0.1, 0.15) is 5.56 Å². The lowest BCUT2D eigenvalue weighted by Crippen LogP contribution is -2.18. The predicted octanol–water partition coefficient (Wildman–Crippen LogP) is 0.875. The Morgan fingerprint density at radius 2 is 2.33 bits per heavy atom. The molecule has 5 heteroatoms. The molecule has 1 N–H and O–H groups in total. The quantitative estimate of drug-likeness (QED) is 0.825. The Bertz CT molecular complexity index is 437. The van der Waals surface area contributed by atoms with Crippen molar-refractivity contribution in [3.8, 4) is 6.07 Å². The van der Waals surface area contributed by atoms with E-state index in [0.29, 0.717) is 11.3 Å². The van der Waals surface area contributed by atoms with E-state index in [-0.39, 0.29) is 11.7 Å². The topological polar surface area (TPSA) is 70.0 Å². The monoisotopic (exact) mass is 222 g/mol. The minimum Gasteiger partial charge on any atom is -0.325 e. The van der Waals surface area contributed by atoms with Gasteiger partial charge >= 0.3 is 0 Å². The second kappa shape index (κ2) is 5.27. The lowest BCUT2D eigenvalue weighted by molar-refractivity contribution is -0.113. The van der Waals surface area contributed by atoms with Crippen LogP contribution < -0.4 is 5.32 Å². The van der Waals surface area contributed by atoms with Crippen molar-refractivity contribution in [1.29, 1.82) is 5.26 Å². The summed E-state index contributed by atoms with van der Waals surface area (Å²) in [7, 11) is -1.15. The molecule has 78 valence electrons. The summed E-state index contributed by atoms with van der Waals surface area (Å²) >= 11 is 0. The number of anilines is 1. The summed E-state index contributed by atoms with van der Waals surface area (Å²) in [6.07, 6.45) is 1.46. The number of nitriles is 1. The molecule has 0 radical (unpaired) electrons. The van der Waals surface area contributed by atoms with Crippen molar-refractivity contribution in [2.24, 2.45) is 0 Å². The highest BCUT2D eigenvalue weighted by Crippen LogP contribution is 2.09. The van der Waals surface area contributed by atoms with Gasteiger partial charge in [-0.1, -0.05) is 6.07 Å². The molecule has 0 bridgehead atoms. The number of nitrogens with zero attached hydrogens (tertiary/aromatic N) is 1. The van der Waals surface area contributed by atoms with Gasteiger partial charge < -0.3 is 5.32 Å². The molecule has 0 heterocycles. The SMILES string of the molecule is CS(=O)CC(=O)Nc1cccc(C#N)c1. The molecule has 1 aromatic rings. The number of hydrogen-bond donors (Lipinski definition) is 1. The molecule has 1 rings (SSSR count). The van der Waals surface area contributed by atoms with E-state index in [1.807, 2.05) is 6.07 Å². The highest BCUT2D eigenvalue weighted by atomic mass is 32.2. The van der Waals surface area contributed by atoms with Crippen molar-refractivity contribution >= 4 is 22.4 Å². The normalized spacial score (nSPS) is 11.5. The van der Waals surface area contributed by atoms with Gasteiger partial charge in [-0.25, -0.2) is 0 Å². The van der Waals surface area contributed by atoms with Crippen LogP contribution in [0, 0.1) is 11.3 Å². The minimum absolute atomic E-state index is 0.0310. The van der Waals surface area contributed by atoms with Crippen LogP contribution in [-0.2, 0) is 15.6 Å². The average Bonchev–Trinajstić information content (AvgIpc) is 2.16. The van der Waals surface area contributed by atoms with Gasteiger partial charge in [0.1, 0.15) is 5.75 Å². The van der Waals surface area contributed by atoms with Gasteiger partial charge in [0, 0.05) is 22.7 Å². The summed E-state index contributed by atoms with van der Waals surface area (Å²) in [4.78, 5) is 11.2. The summed E-state index contributed by atoms with van der Waals surface area (Å²) in [6.45, 7) is 0. The van der Waals surface area contributed by atoms with Crippen LogP contribution in [0.3, 0.4) is 0 Å². The first-order chi connectivity index (χ1) is 7.11. The van der Waals surface area contributed by atoms with Crippen LogP contribution in [0.2, 0.25) is 0 Å². The van der Waals surface area contributed by atoms with Crippen LogP contribution in [0.15, 0.2) is 24.3 Å².